The number of rotatable bonds is 3. The topological polar surface area (TPSA) is 53.4 Å². The van der Waals surface area contributed by atoms with Gasteiger partial charge in [0.2, 0.25) is 0 Å². The summed E-state index contributed by atoms with van der Waals surface area (Å²) in [6.45, 7) is 3.32. The summed E-state index contributed by atoms with van der Waals surface area (Å²) in [6, 6.07) is 19.3. The second kappa shape index (κ2) is 12.1. The summed E-state index contributed by atoms with van der Waals surface area (Å²) < 4.78 is 1.23. The normalized spacial score (nSPS) is 12.2. The zero-order chi connectivity index (χ0) is 15.9. The quantitative estimate of drug-likeness (QED) is 0.330. The SMILES string of the molecule is CC(O)CC(C)O.I.[Ir].[c-]1ccccc1-c1nc2ccccc2s1. The Labute approximate surface area is 177 Å². The molecule has 0 bridgehead atoms. The fraction of sp³-hybridized carbons (Fsp3) is 0.278. The molecule has 3 rings (SSSR count). The fourth-order valence-electron chi connectivity index (χ4n) is 2.01. The van der Waals surface area contributed by atoms with Crippen molar-refractivity contribution in [2.75, 3.05) is 0 Å². The van der Waals surface area contributed by atoms with Crippen molar-refractivity contribution in [3.63, 3.8) is 0 Å². The van der Waals surface area contributed by atoms with Gasteiger partial charge in [-0.15, -0.1) is 59.9 Å². The maximum absolute atomic E-state index is 8.56. The molecule has 2 aromatic carbocycles. The van der Waals surface area contributed by atoms with E-state index in [4.69, 9.17) is 10.2 Å². The first-order valence-electron chi connectivity index (χ1n) is 7.25. The molecule has 0 fully saturated rings. The number of aromatic nitrogens is 1. The van der Waals surface area contributed by atoms with Crippen LogP contribution in [0.4, 0.5) is 0 Å². The Kier molecular flexibility index (Phi) is 11.9. The van der Waals surface area contributed by atoms with Gasteiger partial charge in [0.1, 0.15) is 0 Å². The van der Waals surface area contributed by atoms with E-state index in [1.165, 1.54) is 4.70 Å². The molecular weight excluding hydrogens is 613 g/mol. The van der Waals surface area contributed by atoms with Crippen LogP contribution < -0.4 is 0 Å². The van der Waals surface area contributed by atoms with E-state index in [0.29, 0.717) is 6.42 Å². The third-order valence-corrected chi connectivity index (χ3v) is 3.99. The summed E-state index contributed by atoms with van der Waals surface area (Å²) >= 11 is 1.71. The van der Waals surface area contributed by atoms with E-state index >= 15 is 0 Å². The largest absolute Gasteiger partial charge is 0.393 e. The number of thiazole rings is 1. The molecule has 2 N–H and O–H groups in total. The summed E-state index contributed by atoms with van der Waals surface area (Å²) in [5.74, 6) is 0. The Morgan fingerprint density at radius 3 is 2.17 bits per heavy atom. The standard InChI is InChI=1S/C13H8NS.C5H12O2.HI.Ir/c1-2-6-10(7-3-1)13-14-11-8-4-5-9-12(11)15-13;1-4(6)3-5(2)7;;/h1-6,8-9H;4-7H,3H2,1-2H3;1H;/q-1;;;. The zero-order valence-electron chi connectivity index (χ0n) is 13.5. The van der Waals surface area contributed by atoms with Crippen molar-refractivity contribution in [2.45, 2.75) is 32.5 Å². The maximum Gasteiger partial charge on any atom is 0.0697 e. The molecular formula is C18H21IIrNO2S-. The molecule has 0 aliphatic rings. The molecule has 3 aromatic rings. The summed E-state index contributed by atoms with van der Waals surface area (Å²) in [4.78, 5) is 4.57. The van der Waals surface area contributed by atoms with Gasteiger partial charge in [-0.2, -0.15) is 11.3 Å². The third-order valence-electron chi connectivity index (χ3n) is 2.92. The second-order valence-electron chi connectivity index (χ2n) is 5.20. The van der Waals surface area contributed by atoms with Gasteiger partial charge in [0, 0.05) is 29.8 Å². The minimum atomic E-state index is -0.375. The molecule has 1 heterocycles. The van der Waals surface area contributed by atoms with Crippen LogP contribution in [0, 0.1) is 6.07 Å². The molecule has 0 amide bonds. The van der Waals surface area contributed by atoms with Crippen LogP contribution in [0.15, 0.2) is 48.5 Å². The minimum absolute atomic E-state index is 0. The van der Waals surface area contributed by atoms with Crippen LogP contribution in [0.25, 0.3) is 20.8 Å². The van der Waals surface area contributed by atoms with Gasteiger partial charge in [-0.25, -0.2) is 0 Å². The molecule has 0 spiro atoms. The van der Waals surface area contributed by atoms with Crippen LogP contribution in [-0.2, 0) is 20.1 Å². The van der Waals surface area contributed by atoms with E-state index in [-0.39, 0.29) is 56.3 Å². The van der Waals surface area contributed by atoms with Gasteiger partial charge in [-0.05, 0) is 32.4 Å². The Morgan fingerprint density at radius 2 is 1.67 bits per heavy atom. The Balaban J connectivity index is 0.000000516. The molecule has 133 valence electrons. The summed E-state index contributed by atoms with van der Waals surface area (Å²) in [5, 5.41) is 18.2. The van der Waals surface area contributed by atoms with Gasteiger partial charge in [0.25, 0.3) is 0 Å². The molecule has 3 nitrogen and oxygen atoms in total. The van der Waals surface area contributed by atoms with Gasteiger partial charge >= 0.3 is 0 Å². The van der Waals surface area contributed by atoms with Crippen LogP contribution >= 0.6 is 35.3 Å². The van der Waals surface area contributed by atoms with E-state index in [1.54, 1.807) is 25.2 Å². The van der Waals surface area contributed by atoms with Gasteiger partial charge < -0.3 is 10.2 Å². The van der Waals surface area contributed by atoms with Crippen LogP contribution in [-0.4, -0.2) is 27.4 Å². The number of fused-ring (bicyclic) bond motifs is 1. The number of benzene rings is 2. The minimum Gasteiger partial charge on any atom is -0.393 e. The first-order valence-corrected chi connectivity index (χ1v) is 8.06. The van der Waals surface area contributed by atoms with Crippen molar-refractivity contribution in [3.8, 4) is 10.6 Å². The first kappa shape index (κ1) is 23.6. The molecule has 0 aliphatic carbocycles. The van der Waals surface area contributed by atoms with E-state index in [2.05, 4.69) is 17.1 Å². The summed E-state index contributed by atoms with van der Waals surface area (Å²) in [5.41, 5.74) is 2.13. The van der Waals surface area contributed by atoms with Gasteiger partial charge in [0.05, 0.1) is 17.7 Å². The van der Waals surface area contributed by atoms with E-state index in [1.807, 2.05) is 42.5 Å². The van der Waals surface area contributed by atoms with Crippen molar-refractivity contribution in [1.82, 2.24) is 4.98 Å². The van der Waals surface area contributed by atoms with E-state index < -0.39 is 0 Å². The molecule has 6 heteroatoms. The zero-order valence-corrected chi connectivity index (χ0v) is 19.0. The number of aliphatic hydroxyl groups excluding tert-OH is 2. The first-order chi connectivity index (χ1) is 10.6. The van der Waals surface area contributed by atoms with E-state index in [0.717, 1.165) is 16.1 Å². The number of para-hydroxylation sites is 1. The molecule has 2 unspecified atom stereocenters. The van der Waals surface area contributed by atoms with Gasteiger partial charge in [0.15, 0.2) is 0 Å². The fourth-order valence-corrected chi connectivity index (χ4v) is 2.96. The smallest absolute Gasteiger partial charge is 0.0697 e. The van der Waals surface area contributed by atoms with E-state index in [9.17, 15) is 0 Å². The van der Waals surface area contributed by atoms with Crippen LogP contribution in [0.2, 0.25) is 0 Å². The second-order valence-corrected chi connectivity index (χ2v) is 6.23. The van der Waals surface area contributed by atoms with Gasteiger partial charge in [-0.3, -0.25) is 4.98 Å². The Bertz CT molecular complexity index is 665. The molecule has 0 aliphatic heterocycles. The molecule has 0 saturated carbocycles. The Morgan fingerprint density at radius 1 is 1.04 bits per heavy atom. The predicted molar refractivity (Wildman–Crippen MR) is 107 cm³/mol. The van der Waals surface area contributed by atoms with Crippen LogP contribution in [0.3, 0.4) is 0 Å². The predicted octanol–water partition coefficient (Wildman–Crippen LogP) is 4.52. The molecule has 24 heavy (non-hydrogen) atoms. The van der Waals surface area contributed by atoms with Gasteiger partial charge in [-0.1, -0.05) is 12.1 Å². The average Bonchev–Trinajstić information content (AvgIpc) is 2.91. The number of hydrogen-bond donors (Lipinski definition) is 2. The number of nitrogens with zero attached hydrogens (tertiary/aromatic N) is 1. The summed E-state index contributed by atoms with van der Waals surface area (Å²) in [6.07, 6.45) is -0.278. The molecule has 0 saturated heterocycles. The average molecular weight is 635 g/mol. The number of aliphatic hydroxyl groups is 2. The Hall–Kier alpha value is -0.371. The van der Waals surface area contributed by atoms with Crippen molar-refractivity contribution in [3.05, 3.63) is 54.6 Å². The maximum atomic E-state index is 8.56. The molecule has 1 aromatic heterocycles. The van der Waals surface area contributed by atoms with Crippen molar-refractivity contribution in [1.29, 1.82) is 0 Å². The monoisotopic (exact) mass is 635 g/mol. The van der Waals surface area contributed by atoms with Crippen molar-refractivity contribution in [2.24, 2.45) is 0 Å². The third kappa shape index (κ3) is 7.68. The van der Waals surface area contributed by atoms with Crippen molar-refractivity contribution < 1.29 is 30.3 Å². The molecule has 1 radical (unpaired) electrons. The number of hydrogen-bond acceptors (Lipinski definition) is 4. The number of halogens is 1. The van der Waals surface area contributed by atoms with Crippen LogP contribution in [0.5, 0.6) is 0 Å². The van der Waals surface area contributed by atoms with Crippen LogP contribution in [0.1, 0.15) is 20.3 Å². The summed E-state index contributed by atoms with van der Waals surface area (Å²) in [7, 11) is 0. The molecule has 2 atom stereocenters. The van der Waals surface area contributed by atoms with Crippen molar-refractivity contribution >= 4 is 45.5 Å².